The van der Waals surface area contributed by atoms with Gasteiger partial charge in [-0.2, -0.15) is 0 Å². The number of hydrogen-bond donors (Lipinski definition) is 1. The molecule has 0 unspecified atom stereocenters. The highest BCUT2D eigenvalue weighted by Gasteiger charge is 1.98. The standard InChI is InChI=1S/C7H13NO2/c1-4-5-10-8-7(9)6(2)3/h2,4-5H2,1,3H3,(H,8,9). The summed E-state index contributed by atoms with van der Waals surface area (Å²) in [7, 11) is 0. The first-order chi connectivity index (χ1) is 4.68. The van der Waals surface area contributed by atoms with Gasteiger partial charge in [-0.1, -0.05) is 13.5 Å². The molecule has 0 saturated heterocycles. The van der Waals surface area contributed by atoms with Crippen LogP contribution < -0.4 is 5.48 Å². The van der Waals surface area contributed by atoms with Gasteiger partial charge in [-0.25, -0.2) is 5.48 Å². The van der Waals surface area contributed by atoms with Gasteiger partial charge < -0.3 is 0 Å². The van der Waals surface area contributed by atoms with E-state index in [2.05, 4.69) is 12.1 Å². The molecule has 0 fully saturated rings. The minimum atomic E-state index is -0.256. The highest BCUT2D eigenvalue weighted by molar-refractivity contribution is 5.91. The number of amides is 1. The van der Waals surface area contributed by atoms with Crippen LogP contribution in [0.15, 0.2) is 12.2 Å². The molecule has 0 aliphatic carbocycles. The van der Waals surface area contributed by atoms with Crippen molar-refractivity contribution in [3.05, 3.63) is 12.2 Å². The molecule has 0 aromatic carbocycles. The zero-order valence-corrected chi connectivity index (χ0v) is 6.44. The van der Waals surface area contributed by atoms with Crippen molar-refractivity contribution in [1.29, 1.82) is 0 Å². The third kappa shape index (κ3) is 4.09. The quantitative estimate of drug-likeness (QED) is 0.362. The summed E-state index contributed by atoms with van der Waals surface area (Å²) in [6.07, 6.45) is 0.885. The van der Waals surface area contributed by atoms with Crippen molar-refractivity contribution in [1.82, 2.24) is 5.48 Å². The lowest BCUT2D eigenvalue weighted by Gasteiger charge is -2.02. The lowest BCUT2D eigenvalue weighted by atomic mass is 10.3. The van der Waals surface area contributed by atoms with E-state index in [0.29, 0.717) is 12.2 Å². The van der Waals surface area contributed by atoms with Crippen LogP contribution in [-0.2, 0) is 9.63 Å². The Kier molecular flexibility index (Phi) is 4.58. The monoisotopic (exact) mass is 143 g/mol. The summed E-state index contributed by atoms with van der Waals surface area (Å²) in [5.74, 6) is -0.256. The van der Waals surface area contributed by atoms with Crippen molar-refractivity contribution in [2.75, 3.05) is 6.61 Å². The summed E-state index contributed by atoms with van der Waals surface area (Å²) in [4.78, 5) is 15.4. The molecular weight excluding hydrogens is 130 g/mol. The van der Waals surface area contributed by atoms with E-state index in [4.69, 9.17) is 4.84 Å². The fourth-order valence-electron chi connectivity index (χ4n) is 0.306. The lowest BCUT2D eigenvalue weighted by Crippen LogP contribution is -2.24. The van der Waals surface area contributed by atoms with Crippen molar-refractivity contribution in [3.8, 4) is 0 Å². The van der Waals surface area contributed by atoms with E-state index in [0.717, 1.165) is 6.42 Å². The summed E-state index contributed by atoms with van der Waals surface area (Å²) in [6.45, 7) is 7.58. The Balaban J connectivity index is 3.31. The van der Waals surface area contributed by atoms with Gasteiger partial charge in [0.25, 0.3) is 5.91 Å². The smallest absolute Gasteiger partial charge is 0.269 e. The Morgan fingerprint density at radius 3 is 2.70 bits per heavy atom. The number of carbonyl (C=O) groups excluding carboxylic acids is 1. The van der Waals surface area contributed by atoms with E-state index in [1.807, 2.05) is 6.92 Å². The SMILES string of the molecule is C=C(C)C(=O)NOCCC. The van der Waals surface area contributed by atoms with E-state index in [9.17, 15) is 4.79 Å². The molecule has 3 heteroatoms. The molecule has 0 rings (SSSR count). The Labute approximate surface area is 61.0 Å². The maximum Gasteiger partial charge on any atom is 0.269 e. The molecule has 10 heavy (non-hydrogen) atoms. The minimum absolute atomic E-state index is 0.256. The predicted octanol–water partition coefficient (Wildman–Crippen LogP) is 1.02. The third-order valence-electron chi connectivity index (χ3n) is 0.859. The Bertz CT molecular complexity index is 132. The Hall–Kier alpha value is -0.830. The Morgan fingerprint density at radius 1 is 1.70 bits per heavy atom. The van der Waals surface area contributed by atoms with E-state index < -0.39 is 0 Å². The summed E-state index contributed by atoms with van der Waals surface area (Å²) < 4.78 is 0. The second-order valence-electron chi connectivity index (χ2n) is 2.06. The van der Waals surface area contributed by atoms with Gasteiger partial charge in [0.2, 0.25) is 0 Å². The van der Waals surface area contributed by atoms with Gasteiger partial charge in [0.05, 0.1) is 6.61 Å². The zero-order chi connectivity index (χ0) is 7.98. The molecule has 0 bridgehead atoms. The van der Waals surface area contributed by atoms with Crippen LogP contribution in [0, 0.1) is 0 Å². The third-order valence-corrected chi connectivity index (χ3v) is 0.859. The molecular formula is C7H13NO2. The number of rotatable bonds is 4. The van der Waals surface area contributed by atoms with E-state index in [1.165, 1.54) is 0 Å². The van der Waals surface area contributed by atoms with E-state index >= 15 is 0 Å². The van der Waals surface area contributed by atoms with Crippen LogP contribution >= 0.6 is 0 Å². The maximum atomic E-state index is 10.7. The van der Waals surface area contributed by atoms with Crippen molar-refractivity contribution in [2.24, 2.45) is 0 Å². The normalized spacial score (nSPS) is 9.00. The lowest BCUT2D eigenvalue weighted by molar-refractivity contribution is -0.129. The Morgan fingerprint density at radius 2 is 2.30 bits per heavy atom. The molecule has 0 heterocycles. The van der Waals surface area contributed by atoms with Crippen molar-refractivity contribution < 1.29 is 9.63 Å². The minimum Gasteiger partial charge on any atom is -0.273 e. The van der Waals surface area contributed by atoms with E-state index in [1.54, 1.807) is 6.92 Å². The van der Waals surface area contributed by atoms with Gasteiger partial charge in [0.15, 0.2) is 0 Å². The first-order valence-electron chi connectivity index (χ1n) is 3.26. The molecule has 0 saturated carbocycles. The number of nitrogens with one attached hydrogen (secondary N) is 1. The molecule has 1 N–H and O–H groups in total. The van der Waals surface area contributed by atoms with Crippen LogP contribution in [0.1, 0.15) is 20.3 Å². The summed E-state index contributed by atoms with van der Waals surface area (Å²) in [5, 5.41) is 0. The summed E-state index contributed by atoms with van der Waals surface area (Å²) in [6, 6.07) is 0. The average molecular weight is 143 g/mol. The molecule has 0 aliphatic heterocycles. The van der Waals surface area contributed by atoms with Crippen LogP contribution in [0.3, 0.4) is 0 Å². The van der Waals surface area contributed by atoms with Crippen LogP contribution in [0.2, 0.25) is 0 Å². The van der Waals surface area contributed by atoms with Crippen LogP contribution in [0.25, 0.3) is 0 Å². The molecule has 1 amide bonds. The first-order valence-corrected chi connectivity index (χ1v) is 3.26. The molecule has 0 spiro atoms. The summed E-state index contributed by atoms with van der Waals surface area (Å²) >= 11 is 0. The molecule has 0 radical (unpaired) electrons. The highest BCUT2D eigenvalue weighted by Crippen LogP contribution is 1.85. The molecule has 0 atom stereocenters. The van der Waals surface area contributed by atoms with Crippen LogP contribution in [0.5, 0.6) is 0 Å². The van der Waals surface area contributed by atoms with Gasteiger partial charge in [-0.05, 0) is 13.3 Å². The number of hydroxylamine groups is 1. The summed E-state index contributed by atoms with van der Waals surface area (Å²) in [5.41, 5.74) is 2.70. The second kappa shape index (κ2) is 4.99. The molecule has 58 valence electrons. The molecule has 0 aromatic heterocycles. The van der Waals surface area contributed by atoms with Crippen LogP contribution in [0.4, 0.5) is 0 Å². The van der Waals surface area contributed by atoms with Gasteiger partial charge in [-0.15, -0.1) is 0 Å². The molecule has 0 aliphatic rings. The van der Waals surface area contributed by atoms with Gasteiger partial charge in [0.1, 0.15) is 0 Å². The topological polar surface area (TPSA) is 38.3 Å². The molecule has 3 nitrogen and oxygen atoms in total. The average Bonchev–Trinajstić information content (AvgIpc) is 1.88. The maximum absolute atomic E-state index is 10.7. The van der Waals surface area contributed by atoms with Gasteiger partial charge in [0, 0.05) is 5.57 Å². The molecule has 0 aromatic rings. The van der Waals surface area contributed by atoms with Crippen molar-refractivity contribution in [2.45, 2.75) is 20.3 Å². The number of hydrogen-bond acceptors (Lipinski definition) is 2. The van der Waals surface area contributed by atoms with Crippen LogP contribution in [-0.4, -0.2) is 12.5 Å². The second-order valence-corrected chi connectivity index (χ2v) is 2.06. The fraction of sp³-hybridized carbons (Fsp3) is 0.571. The van der Waals surface area contributed by atoms with E-state index in [-0.39, 0.29) is 5.91 Å². The van der Waals surface area contributed by atoms with Crippen molar-refractivity contribution in [3.63, 3.8) is 0 Å². The zero-order valence-electron chi connectivity index (χ0n) is 6.44. The van der Waals surface area contributed by atoms with Gasteiger partial charge in [-0.3, -0.25) is 9.63 Å². The van der Waals surface area contributed by atoms with Gasteiger partial charge >= 0.3 is 0 Å². The number of carbonyl (C=O) groups is 1. The van der Waals surface area contributed by atoms with Crippen molar-refractivity contribution >= 4 is 5.91 Å². The fourth-order valence-corrected chi connectivity index (χ4v) is 0.306. The highest BCUT2D eigenvalue weighted by atomic mass is 16.6. The first kappa shape index (κ1) is 9.17. The largest absolute Gasteiger partial charge is 0.273 e. The predicted molar refractivity (Wildman–Crippen MR) is 39.2 cm³/mol.